The summed E-state index contributed by atoms with van der Waals surface area (Å²) in [4.78, 5) is 8.05. The molecule has 6 nitrogen and oxygen atoms in total. The van der Waals surface area contributed by atoms with Crippen LogP contribution in [0.5, 0.6) is 17.2 Å². The van der Waals surface area contributed by atoms with Gasteiger partial charge in [0.15, 0.2) is 11.6 Å². The van der Waals surface area contributed by atoms with Gasteiger partial charge in [-0.2, -0.15) is 10.3 Å². The number of rotatable bonds is 6. The highest BCUT2D eigenvalue weighted by Crippen LogP contribution is 2.28. The molecule has 2 rings (SSSR count). The van der Waals surface area contributed by atoms with Crippen LogP contribution in [-0.2, 0) is 6.54 Å². The summed E-state index contributed by atoms with van der Waals surface area (Å²) in [7, 11) is 4.46. The fourth-order valence-corrected chi connectivity index (χ4v) is 2.07. The first-order valence-corrected chi connectivity index (χ1v) is 7.23. The molecule has 0 bridgehead atoms. The molecule has 0 aliphatic rings. The molecule has 0 N–H and O–H groups in total. The van der Waals surface area contributed by atoms with Crippen LogP contribution in [0.3, 0.4) is 0 Å². The molecule has 2 aromatic carbocycles. The number of hydrogen-bond acceptors (Lipinski definition) is 6. The average Bonchev–Trinajstić information content (AvgIpc) is 2.65. The van der Waals surface area contributed by atoms with Gasteiger partial charge in [0, 0.05) is 17.7 Å². The molecular weight excluding hydrogens is 325 g/mol. The largest absolute Gasteiger partial charge is 0.497 e. The van der Waals surface area contributed by atoms with E-state index in [9.17, 15) is 4.39 Å². The topological polar surface area (TPSA) is 76.2 Å². The third kappa shape index (κ3) is 4.34. The summed E-state index contributed by atoms with van der Waals surface area (Å²) in [6.45, 7) is 0.275. The molecule has 0 atom stereocenters. The molecule has 0 spiro atoms. The van der Waals surface area contributed by atoms with E-state index in [1.807, 2.05) is 12.1 Å². The van der Waals surface area contributed by atoms with Crippen molar-refractivity contribution in [1.82, 2.24) is 0 Å². The Morgan fingerprint density at radius 1 is 1.04 bits per heavy atom. The van der Waals surface area contributed by atoms with Gasteiger partial charge in [0.25, 0.3) is 0 Å². The van der Waals surface area contributed by atoms with E-state index in [2.05, 4.69) is 16.0 Å². The smallest absolute Gasteiger partial charge is 0.166 e. The summed E-state index contributed by atoms with van der Waals surface area (Å²) in [5, 5.41) is 9.05. The van der Waals surface area contributed by atoms with Crippen LogP contribution >= 0.6 is 0 Å². The number of nitrogens with zero attached hydrogens (tertiary/aromatic N) is 3. The van der Waals surface area contributed by atoms with Crippen LogP contribution in [0.15, 0.2) is 40.3 Å². The summed E-state index contributed by atoms with van der Waals surface area (Å²) in [5.41, 5.74) is 1.12. The molecule has 0 aromatic heterocycles. The molecule has 2 aromatic rings. The Labute approximate surface area is 144 Å². The third-order valence-corrected chi connectivity index (χ3v) is 3.38. The fourth-order valence-electron chi connectivity index (χ4n) is 2.07. The van der Waals surface area contributed by atoms with E-state index in [1.165, 1.54) is 13.2 Å². The summed E-state index contributed by atoms with van der Waals surface area (Å²) in [5.74, 6) is 0.677. The number of benzene rings is 2. The molecule has 0 saturated carbocycles. The van der Waals surface area contributed by atoms with Crippen LogP contribution < -0.4 is 14.2 Å². The first-order valence-electron chi connectivity index (χ1n) is 7.23. The van der Waals surface area contributed by atoms with E-state index in [-0.39, 0.29) is 23.5 Å². The molecule has 25 heavy (non-hydrogen) atoms. The zero-order valence-electron chi connectivity index (χ0n) is 14.0. The van der Waals surface area contributed by atoms with E-state index in [1.54, 1.807) is 26.4 Å². The van der Waals surface area contributed by atoms with E-state index >= 15 is 0 Å². The molecule has 0 amide bonds. The Morgan fingerprint density at radius 3 is 2.44 bits per heavy atom. The zero-order chi connectivity index (χ0) is 18.2. The summed E-state index contributed by atoms with van der Waals surface area (Å²) in [6.07, 6.45) is 0. The fraction of sp³-hybridized carbons (Fsp3) is 0.222. The number of halogens is 1. The normalized spacial score (nSPS) is 9.56. The number of aliphatic imine (C=N–C) groups is 2. The molecule has 0 heterocycles. The van der Waals surface area contributed by atoms with Gasteiger partial charge in [0.1, 0.15) is 17.6 Å². The van der Waals surface area contributed by atoms with Crippen LogP contribution in [0.25, 0.3) is 0 Å². The second-order valence-electron chi connectivity index (χ2n) is 4.82. The monoisotopic (exact) mass is 341 g/mol. The summed E-state index contributed by atoms with van der Waals surface area (Å²) in [6, 6.07) is 12.1. The molecule has 0 radical (unpaired) electrons. The lowest BCUT2D eigenvalue weighted by molar-refractivity contribution is 0.386. The minimum atomic E-state index is -0.627. The zero-order valence-corrected chi connectivity index (χ0v) is 14.0. The van der Waals surface area contributed by atoms with Crippen LogP contribution in [0.4, 0.5) is 10.1 Å². The van der Waals surface area contributed by atoms with Crippen molar-refractivity contribution < 1.29 is 18.6 Å². The maximum atomic E-state index is 13.6. The number of hydrogen-bond donors (Lipinski definition) is 0. The van der Waals surface area contributed by atoms with Gasteiger partial charge in [0.2, 0.25) is 0 Å². The van der Waals surface area contributed by atoms with Gasteiger partial charge in [-0.3, -0.25) is 0 Å². The first-order chi connectivity index (χ1) is 12.1. The van der Waals surface area contributed by atoms with E-state index in [4.69, 9.17) is 19.5 Å². The molecule has 0 aliphatic heterocycles. The van der Waals surface area contributed by atoms with Crippen molar-refractivity contribution in [3.05, 3.63) is 47.3 Å². The second kappa shape index (κ2) is 8.48. The predicted molar refractivity (Wildman–Crippen MR) is 90.4 cm³/mol. The van der Waals surface area contributed by atoms with Crippen LogP contribution in [0.2, 0.25) is 0 Å². The second-order valence-corrected chi connectivity index (χ2v) is 4.82. The van der Waals surface area contributed by atoms with Gasteiger partial charge in [-0.05, 0) is 18.2 Å². The van der Waals surface area contributed by atoms with Crippen molar-refractivity contribution in [3.8, 4) is 23.3 Å². The van der Waals surface area contributed by atoms with E-state index in [0.29, 0.717) is 11.5 Å². The lowest BCUT2D eigenvalue weighted by Gasteiger charge is -2.07. The van der Waals surface area contributed by atoms with Crippen LogP contribution in [-0.4, -0.2) is 27.3 Å². The van der Waals surface area contributed by atoms with Gasteiger partial charge < -0.3 is 14.2 Å². The van der Waals surface area contributed by atoms with Crippen molar-refractivity contribution in [2.24, 2.45) is 9.98 Å². The first kappa shape index (κ1) is 18.0. The Hall–Kier alpha value is -3.36. The standard InChI is InChI=1S/C18H16FN3O3/c1-23-14-5-4-12(17(7-14)24-2)10-21-11-22-16-8-18(25-3)15(19)6-13(16)9-20/h4-8H,10H2,1-3H3. The lowest BCUT2D eigenvalue weighted by Crippen LogP contribution is -1.92. The van der Waals surface area contributed by atoms with Crippen molar-refractivity contribution >= 4 is 11.7 Å². The van der Waals surface area contributed by atoms with E-state index < -0.39 is 5.82 Å². The van der Waals surface area contributed by atoms with Crippen LogP contribution in [0, 0.1) is 17.1 Å². The quantitative estimate of drug-likeness (QED) is 0.750. The van der Waals surface area contributed by atoms with E-state index in [0.717, 1.165) is 11.6 Å². The van der Waals surface area contributed by atoms with Crippen LogP contribution in [0.1, 0.15) is 11.1 Å². The van der Waals surface area contributed by atoms with Crippen molar-refractivity contribution in [2.45, 2.75) is 6.54 Å². The number of ether oxygens (including phenoxy) is 3. The van der Waals surface area contributed by atoms with Gasteiger partial charge in [0.05, 0.1) is 45.1 Å². The van der Waals surface area contributed by atoms with Crippen molar-refractivity contribution in [3.63, 3.8) is 0 Å². The molecule has 0 fully saturated rings. The minimum Gasteiger partial charge on any atom is -0.497 e. The molecule has 128 valence electrons. The van der Waals surface area contributed by atoms with Gasteiger partial charge >= 0.3 is 0 Å². The maximum Gasteiger partial charge on any atom is 0.166 e. The maximum absolute atomic E-state index is 13.6. The number of nitriles is 1. The molecule has 0 unspecified atom stereocenters. The molecule has 7 heteroatoms. The Morgan fingerprint density at radius 2 is 1.80 bits per heavy atom. The Kier molecular flexibility index (Phi) is 6.10. The molecule has 0 aliphatic carbocycles. The predicted octanol–water partition coefficient (Wildman–Crippen LogP) is 3.73. The summed E-state index contributed by atoms with van der Waals surface area (Å²) < 4.78 is 28.9. The highest BCUT2D eigenvalue weighted by atomic mass is 19.1. The minimum absolute atomic E-state index is 0.00336. The van der Waals surface area contributed by atoms with Gasteiger partial charge in [-0.25, -0.2) is 9.38 Å². The summed E-state index contributed by atoms with van der Waals surface area (Å²) >= 11 is 0. The lowest BCUT2D eigenvalue weighted by atomic mass is 10.2. The van der Waals surface area contributed by atoms with Crippen molar-refractivity contribution in [2.75, 3.05) is 21.3 Å². The van der Waals surface area contributed by atoms with Crippen molar-refractivity contribution in [1.29, 1.82) is 5.26 Å². The third-order valence-electron chi connectivity index (χ3n) is 3.38. The van der Waals surface area contributed by atoms with Gasteiger partial charge in [-0.1, -0.05) is 0 Å². The Bertz CT molecular complexity index is 869. The molecule has 0 saturated heterocycles. The number of methoxy groups -OCH3 is 3. The highest BCUT2D eigenvalue weighted by Gasteiger charge is 2.09. The van der Waals surface area contributed by atoms with Gasteiger partial charge in [-0.15, -0.1) is 0 Å². The molecular formula is C18H16FN3O3. The highest BCUT2D eigenvalue weighted by molar-refractivity contribution is 5.62. The average molecular weight is 341 g/mol. The SMILES string of the molecule is COc1ccc(CN=C=Nc2cc(OC)c(F)cc2C#N)c(OC)c1. The Balaban J connectivity index is 2.24.